The van der Waals surface area contributed by atoms with Gasteiger partial charge in [0.2, 0.25) is 0 Å². The number of carbonyl (C=O) groups excluding carboxylic acids is 1. The van der Waals surface area contributed by atoms with Crippen LogP contribution in [0.25, 0.3) is 10.1 Å². The third-order valence-electron chi connectivity index (χ3n) is 3.83. The van der Waals surface area contributed by atoms with Crippen LogP contribution in [0.2, 0.25) is 5.02 Å². The van der Waals surface area contributed by atoms with Gasteiger partial charge < -0.3 is 5.32 Å². The molecule has 4 heteroatoms. The van der Waals surface area contributed by atoms with Gasteiger partial charge in [0.25, 0.3) is 5.91 Å². The molecule has 0 saturated carbocycles. The van der Waals surface area contributed by atoms with Gasteiger partial charge in [0, 0.05) is 16.1 Å². The Morgan fingerprint density at radius 3 is 2.57 bits per heavy atom. The molecule has 1 heterocycles. The molecule has 3 aromatic rings. The zero-order valence-electron chi connectivity index (χ0n) is 12.9. The van der Waals surface area contributed by atoms with Gasteiger partial charge in [-0.2, -0.15) is 0 Å². The molecule has 0 fully saturated rings. The van der Waals surface area contributed by atoms with Crippen LogP contribution in [0.4, 0.5) is 0 Å². The van der Waals surface area contributed by atoms with E-state index >= 15 is 0 Å². The molecule has 3 rings (SSSR count). The first-order chi connectivity index (χ1) is 11.1. The first kappa shape index (κ1) is 16.0. The van der Waals surface area contributed by atoms with Crippen LogP contribution in [0.1, 0.15) is 28.6 Å². The van der Waals surface area contributed by atoms with E-state index in [0.717, 1.165) is 22.9 Å². The second-order valence-electron chi connectivity index (χ2n) is 5.64. The van der Waals surface area contributed by atoms with E-state index in [2.05, 4.69) is 17.4 Å². The van der Waals surface area contributed by atoms with Gasteiger partial charge in [0.05, 0.1) is 5.02 Å². The Kier molecular flexibility index (Phi) is 4.99. The minimum absolute atomic E-state index is 0.0863. The van der Waals surface area contributed by atoms with Crippen molar-refractivity contribution in [3.63, 3.8) is 0 Å². The number of hydrogen-bond acceptors (Lipinski definition) is 2. The number of thiophene rings is 1. The molecule has 1 amide bonds. The second-order valence-corrected chi connectivity index (χ2v) is 7.07. The number of fused-ring (bicyclic) bond motifs is 1. The summed E-state index contributed by atoms with van der Waals surface area (Å²) in [6.45, 7) is 2.03. The van der Waals surface area contributed by atoms with Gasteiger partial charge in [0.15, 0.2) is 0 Å². The molecule has 0 spiro atoms. The molecule has 1 atom stereocenters. The summed E-state index contributed by atoms with van der Waals surface area (Å²) >= 11 is 7.80. The predicted octanol–water partition coefficient (Wildman–Crippen LogP) is 5.31. The lowest BCUT2D eigenvalue weighted by Gasteiger charge is -2.13. The van der Waals surface area contributed by atoms with Crippen molar-refractivity contribution in [3.05, 3.63) is 70.1 Å². The number of nitrogens with one attached hydrogen (secondary N) is 1. The van der Waals surface area contributed by atoms with Gasteiger partial charge in [-0.3, -0.25) is 4.79 Å². The summed E-state index contributed by atoms with van der Waals surface area (Å²) in [5.74, 6) is -0.0863. The molecule has 0 aliphatic carbocycles. The van der Waals surface area contributed by atoms with E-state index in [9.17, 15) is 4.79 Å². The van der Waals surface area contributed by atoms with E-state index in [1.807, 2.05) is 49.4 Å². The Morgan fingerprint density at radius 1 is 1.13 bits per heavy atom. The Bertz CT molecular complexity index is 813. The van der Waals surface area contributed by atoms with Crippen molar-refractivity contribution in [2.45, 2.75) is 25.8 Å². The van der Waals surface area contributed by atoms with E-state index < -0.39 is 0 Å². The fourth-order valence-electron chi connectivity index (χ4n) is 2.55. The largest absolute Gasteiger partial charge is 0.349 e. The molecule has 0 aliphatic rings. The molecular formula is C19H18ClNOS. The highest BCUT2D eigenvalue weighted by atomic mass is 35.5. The van der Waals surface area contributed by atoms with Crippen molar-refractivity contribution in [1.82, 2.24) is 5.32 Å². The third-order valence-corrected chi connectivity index (χ3v) is 5.50. The summed E-state index contributed by atoms with van der Waals surface area (Å²) in [6, 6.07) is 18.2. The topological polar surface area (TPSA) is 29.1 Å². The van der Waals surface area contributed by atoms with Gasteiger partial charge >= 0.3 is 0 Å². The maximum absolute atomic E-state index is 12.5. The number of halogens is 1. The van der Waals surface area contributed by atoms with Crippen molar-refractivity contribution >= 4 is 38.9 Å². The van der Waals surface area contributed by atoms with Crippen LogP contribution in [0, 0.1) is 0 Å². The third kappa shape index (κ3) is 3.74. The SMILES string of the molecule is C[C@@H](CCc1ccccc1)NC(=O)c1sc2ccccc2c1Cl. The molecule has 1 N–H and O–H groups in total. The summed E-state index contributed by atoms with van der Waals surface area (Å²) in [6.07, 6.45) is 1.85. The molecule has 118 valence electrons. The monoisotopic (exact) mass is 343 g/mol. The number of amides is 1. The van der Waals surface area contributed by atoms with Crippen molar-refractivity contribution in [3.8, 4) is 0 Å². The molecule has 0 saturated heterocycles. The molecule has 0 aliphatic heterocycles. The highest BCUT2D eigenvalue weighted by Gasteiger charge is 2.18. The Balaban J connectivity index is 1.64. The minimum Gasteiger partial charge on any atom is -0.349 e. The average molecular weight is 344 g/mol. The summed E-state index contributed by atoms with van der Waals surface area (Å²) in [5.41, 5.74) is 1.29. The molecular weight excluding hydrogens is 326 g/mol. The Morgan fingerprint density at radius 2 is 1.83 bits per heavy atom. The van der Waals surface area contributed by atoms with Crippen molar-refractivity contribution < 1.29 is 4.79 Å². The number of aryl methyl sites for hydroxylation is 1. The van der Waals surface area contributed by atoms with Crippen molar-refractivity contribution in [2.75, 3.05) is 0 Å². The minimum atomic E-state index is -0.0863. The van der Waals surface area contributed by atoms with Gasteiger partial charge in [-0.1, -0.05) is 60.1 Å². The summed E-state index contributed by atoms with van der Waals surface area (Å²) in [5, 5.41) is 4.55. The summed E-state index contributed by atoms with van der Waals surface area (Å²) < 4.78 is 1.04. The number of carbonyl (C=O) groups is 1. The van der Waals surface area contributed by atoms with Crippen LogP contribution in [0.3, 0.4) is 0 Å². The summed E-state index contributed by atoms with van der Waals surface area (Å²) in [7, 11) is 0. The molecule has 2 aromatic carbocycles. The highest BCUT2D eigenvalue weighted by molar-refractivity contribution is 7.21. The van der Waals surface area contributed by atoms with Crippen LogP contribution in [-0.4, -0.2) is 11.9 Å². The fourth-order valence-corrected chi connectivity index (χ4v) is 3.97. The lowest BCUT2D eigenvalue weighted by molar-refractivity contribution is 0.0943. The number of benzene rings is 2. The molecule has 0 radical (unpaired) electrons. The first-order valence-corrected chi connectivity index (χ1v) is 8.86. The van der Waals surface area contributed by atoms with Crippen LogP contribution in [0.5, 0.6) is 0 Å². The van der Waals surface area contributed by atoms with Gasteiger partial charge in [0.1, 0.15) is 4.88 Å². The van der Waals surface area contributed by atoms with Gasteiger partial charge in [-0.15, -0.1) is 11.3 Å². The molecule has 2 nitrogen and oxygen atoms in total. The zero-order valence-corrected chi connectivity index (χ0v) is 14.5. The van der Waals surface area contributed by atoms with Crippen molar-refractivity contribution in [1.29, 1.82) is 0 Å². The standard InChI is InChI=1S/C19H18ClNOS/c1-13(11-12-14-7-3-2-4-8-14)21-19(22)18-17(20)15-9-5-6-10-16(15)23-18/h2-10,13H,11-12H2,1H3,(H,21,22)/t13-/m0/s1. The summed E-state index contributed by atoms with van der Waals surface area (Å²) in [4.78, 5) is 13.1. The number of hydrogen-bond donors (Lipinski definition) is 1. The normalized spacial score (nSPS) is 12.3. The van der Waals surface area contributed by atoms with E-state index in [0.29, 0.717) is 9.90 Å². The Hall–Kier alpha value is -1.84. The van der Waals surface area contributed by atoms with Crippen molar-refractivity contribution in [2.24, 2.45) is 0 Å². The first-order valence-electron chi connectivity index (χ1n) is 7.67. The lowest BCUT2D eigenvalue weighted by Crippen LogP contribution is -2.32. The molecule has 0 bridgehead atoms. The fraction of sp³-hybridized carbons (Fsp3) is 0.211. The molecule has 0 unspecified atom stereocenters. The maximum atomic E-state index is 12.5. The molecule has 1 aromatic heterocycles. The van der Waals surface area contributed by atoms with E-state index in [-0.39, 0.29) is 11.9 Å². The lowest BCUT2D eigenvalue weighted by atomic mass is 10.1. The Labute approximate surface area is 145 Å². The smallest absolute Gasteiger partial charge is 0.263 e. The van der Waals surface area contributed by atoms with Gasteiger partial charge in [-0.25, -0.2) is 0 Å². The van der Waals surface area contributed by atoms with E-state index in [1.54, 1.807) is 0 Å². The quantitative estimate of drug-likeness (QED) is 0.668. The average Bonchev–Trinajstić information content (AvgIpc) is 2.91. The van der Waals surface area contributed by atoms with E-state index in [1.165, 1.54) is 16.9 Å². The van der Waals surface area contributed by atoms with E-state index in [4.69, 9.17) is 11.6 Å². The van der Waals surface area contributed by atoms with Gasteiger partial charge in [-0.05, 0) is 31.4 Å². The zero-order chi connectivity index (χ0) is 16.2. The number of rotatable bonds is 5. The van der Waals surface area contributed by atoms with Crippen LogP contribution >= 0.6 is 22.9 Å². The predicted molar refractivity (Wildman–Crippen MR) is 98.5 cm³/mol. The maximum Gasteiger partial charge on any atom is 0.263 e. The van der Waals surface area contributed by atoms with Crippen LogP contribution < -0.4 is 5.32 Å². The van der Waals surface area contributed by atoms with Crippen LogP contribution in [-0.2, 0) is 6.42 Å². The second kappa shape index (κ2) is 7.16. The highest BCUT2D eigenvalue weighted by Crippen LogP contribution is 2.35. The van der Waals surface area contributed by atoms with Crippen LogP contribution in [0.15, 0.2) is 54.6 Å². The molecule has 23 heavy (non-hydrogen) atoms.